The van der Waals surface area contributed by atoms with Crippen molar-refractivity contribution >= 4 is 21.8 Å². The van der Waals surface area contributed by atoms with Crippen LogP contribution in [0.25, 0.3) is 21.8 Å². The van der Waals surface area contributed by atoms with Crippen LogP contribution >= 0.6 is 0 Å². The topological polar surface area (TPSA) is 81.3 Å². The maximum atomic E-state index is 6.14. The van der Waals surface area contributed by atoms with Crippen LogP contribution in [0, 0.1) is 12.8 Å². The highest BCUT2D eigenvalue weighted by atomic mass is 16.5. The molecule has 166 valence electrons. The first-order chi connectivity index (χ1) is 15.7. The lowest BCUT2D eigenvalue weighted by Crippen LogP contribution is -2.28. The molecule has 3 heterocycles. The zero-order valence-corrected chi connectivity index (χ0v) is 18.5. The fourth-order valence-corrected chi connectivity index (χ4v) is 4.33. The minimum absolute atomic E-state index is 0.487. The van der Waals surface area contributed by atoms with Gasteiger partial charge in [-0.2, -0.15) is 0 Å². The number of hydrogen-bond acceptors (Lipinski definition) is 6. The second-order valence-electron chi connectivity index (χ2n) is 8.33. The summed E-state index contributed by atoms with van der Waals surface area (Å²) in [6, 6.07) is 11.8. The highest BCUT2D eigenvalue weighted by Crippen LogP contribution is 2.36. The molecule has 7 heteroatoms. The van der Waals surface area contributed by atoms with Crippen LogP contribution in [0.3, 0.4) is 0 Å². The number of benzene rings is 2. The molecule has 1 aliphatic heterocycles. The molecule has 4 aromatic rings. The van der Waals surface area contributed by atoms with Gasteiger partial charge in [-0.1, -0.05) is 0 Å². The van der Waals surface area contributed by atoms with Gasteiger partial charge in [0.2, 0.25) is 5.88 Å². The summed E-state index contributed by atoms with van der Waals surface area (Å²) in [5.74, 6) is 3.27. The predicted molar refractivity (Wildman–Crippen MR) is 125 cm³/mol. The highest BCUT2D eigenvalue weighted by molar-refractivity contribution is 5.87. The van der Waals surface area contributed by atoms with Crippen LogP contribution < -0.4 is 19.5 Å². The van der Waals surface area contributed by atoms with Gasteiger partial charge < -0.3 is 24.5 Å². The summed E-state index contributed by atoms with van der Waals surface area (Å²) < 4.78 is 17.9. The lowest BCUT2D eigenvalue weighted by Gasteiger charge is -2.22. The van der Waals surface area contributed by atoms with Crippen molar-refractivity contribution in [1.29, 1.82) is 0 Å². The third-order valence-electron chi connectivity index (χ3n) is 6.07. The third kappa shape index (κ3) is 4.34. The second-order valence-corrected chi connectivity index (χ2v) is 8.33. The van der Waals surface area contributed by atoms with Gasteiger partial charge in [0, 0.05) is 22.7 Å². The fourth-order valence-electron chi connectivity index (χ4n) is 4.33. The maximum Gasteiger partial charge on any atom is 0.230 e. The predicted octanol–water partition coefficient (Wildman–Crippen LogP) is 4.99. The largest absolute Gasteiger partial charge is 0.493 e. The Hall–Kier alpha value is -3.32. The standard InChI is InChI=1S/C25H28N4O3/c1-16-11-18-12-19(3-4-21(18)29-16)32-25-20-13-23(30-2)24(14-22(20)27-15-28-25)31-10-7-17-5-8-26-9-6-17/h3-4,11-15,17,26,29H,5-10H2,1-2H3. The minimum Gasteiger partial charge on any atom is -0.493 e. The van der Waals surface area contributed by atoms with Gasteiger partial charge in [0.05, 0.1) is 24.6 Å². The van der Waals surface area contributed by atoms with Gasteiger partial charge in [-0.15, -0.1) is 0 Å². The molecule has 0 radical (unpaired) electrons. The van der Waals surface area contributed by atoms with E-state index in [-0.39, 0.29) is 0 Å². The van der Waals surface area contributed by atoms with Gasteiger partial charge in [0.25, 0.3) is 0 Å². The Morgan fingerprint density at radius 1 is 1.03 bits per heavy atom. The number of methoxy groups -OCH3 is 1. The van der Waals surface area contributed by atoms with Crippen LogP contribution in [-0.4, -0.2) is 41.8 Å². The Bertz CT molecular complexity index is 1230. The van der Waals surface area contributed by atoms with E-state index in [2.05, 4.69) is 26.3 Å². The van der Waals surface area contributed by atoms with Gasteiger partial charge >= 0.3 is 0 Å². The van der Waals surface area contributed by atoms with Gasteiger partial charge in [-0.3, -0.25) is 0 Å². The smallest absolute Gasteiger partial charge is 0.230 e. The van der Waals surface area contributed by atoms with Crippen molar-refractivity contribution in [3.63, 3.8) is 0 Å². The molecule has 0 spiro atoms. The Morgan fingerprint density at radius 3 is 2.75 bits per heavy atom. The molecule has 0 unspecified atom stereocenters. The molecule has 2 aromatic heterocycles. The van der Waals surface area contributed by atoms with Crippen LogP contribution in [0.5, 0.6) is 23.1 Å². The van der Waals surface area contributed by atoms with Crippen molar-refractivity contribution in [2.24, 2.45) is 5.92 Å². The number of rotatable bonds is 7. The summed E-state index contributed by atoms with van der Waals surface area (Å²) >= 11 is 0. The first kappa shape index (κ1) is 20.6. The molecule has 2 N–H and O–H groups in total. The molecule has 7 nitrogen and oxygen atoms in total. The van der Waals surface area contributed by atoms with Gasteiger partial charge in [-0.05, 0) is 75.5 Å². The second kappa shape index (κ2) is 9.04. The minimum atomic E-state index is 0.487. The summed E-state index contributed by atoms with van der Waals surface area (Å²) in [6.07, 6.45) is 4.98. The monoisotopic (exact) mass is 432 g/mol. The fraction of sp³-hybridized carbons (Fsp3) is 0.360. The average Bonchev–Trinajstić information content (AvgIpc) is 3.19. The average molecular weight is 433 g/mol. The molecular weight excluding hydrogens is 404 g/mol. The van der Waals surface area contributed by atoms with E-state index in [0.29, 0.717) is 29.9 Å². The quantitative estimate of drug-likeness (QED) is 0.428. The van der Waals surface area contributed by atoms with Crippen LogP contribution in [0.4, 0.5) is 0 Å². The molecule has 32 heavy (non-hydrogen) atoms. The summed E-state index contributed by atoms with van der Waals surface area (Å²) in [5.41, 5.74) is 2.95. The van der Waals surface area contributed by atoms with E-state index in [1.54, 1.807) is 7.11 Å². The van der Waals surface area contributed by atoms with Crippen molar-refractivity contribution in [3.05, 3.63) is 48.4 Å². The number of nitrogens with one attached hydrogen (secondary N) is 2. The number of aromatic amines is 1. The zero-order valence-electron chi connectivity index (χ0n) is 18.5. The van der Waals surface area contributed by atoms with Gasteiger partial charge in [0.15, 0.2) is 11.5 Å². The summed E-state index contributed by atoms with van der Waals surface area (Å²) in [4.78, 5) is 12.1. The molecule has 1 fully saturated rings. The van der Waals surface area contributed by atoms with Crippen molar-refractivity contribution in [2.45, 2.75) is 26.2 Å². The first-order valence-electron chi connectivity index (χ1n) is 11.1. The third-order valence-corrected chi connectivity index (χ3v) is 6.07. The number of piperidine rings is 1. The molecular formula is C25H28N4O3. The highest BCUT2D eigenvalue weighted by Gasteiger charge is 2.16. The molecule has 0 atom stereocenters. The molecule has 5 rings (SSSR count). The van der Waals surface area contributed by atoms with Crippen molar-refractivity contribution < 1.29 is 14.2 Å². The number of nitrogens with zero attached hydrogens (tertiary/aromatic N) is 2. The maximum absolute atomic E-state index is 6.14. The van der Waals surface area contributed by atoms with E-state index in [4.69, 9.17) is 14.2 Å². The van der Waals surface area contributed by atoms with Gasteiger partial charge in [0.1, 0.15) is 12.1 Å². The van der Waals surface area contributed by atoms with Gasteiger partial charge in [-0.25, -0.2) is 9.97 Å². The lowest BCUT2D eigenvalue weighted by atomic mass is 9.95. The van der Waals surface area contributed by atoms with E-state index < -0.39 is 0 Å². The van der Waals surface area contributed by atoms with Crippen LogP contribution in [-0.2, 0) is 0 Å². The Morgan fingerprint density at radius 2 is 1.91 bits per heavy atom. The van der Waals surface area contributed by atoms with Crippen LogP contribution in [0.2, 0.25) is 0 Å². The van der Waals surface area contributed by atoms with E-state index >= 15 is 0 Å². The van der Waals surface area contributed by atoms with E-state index in [1.807, 2.05) is 37.3 Å². The molecule has 1 saturated heterocycles. The van der Waals surface area contributed by atoms with Crippen LogP contribution in [0.15, 0.2) is 42.7 Å². The summed E-state index contributed by atoms with van der Waals surface area (Å²) in [5, 5.41) is 5.28. The molecule has 2 aromatic carbocycles. The Labute approximate surface area is 187 Å². The van der Waals surface area contributed by atoms with Crippen molar-refractivity contribution in [3.8, 4) is 23.1 Å². The summed E-state index contributed by atoms with van der Waals surface area (Å²) in [6.45, 7) is 4.90. The normalized spacial score (nSPS) is 14.7. The summed E-state index contributed by atoms with van der Waals surface area (Å²) in [7, 11) is 1.65. The van der Waals surface area contributed by atoms with Crippen molar-refractivity contribution in [1.82, 2.24) is 20.3 Å². The number of ether oxygens (including phenoxy) is 3. The Kier molecular flexibility index (Phi) is 5.81. The molecule has 0 saturated carbocycles. The van der Waals surface area contributed by atoms with E-state index in [1.165, 1.54) is 19.2 Å². The number of aromatic nitrogens is 3. The molecule has 1 aliphatic rings. The molecule has 0 aliphatic carbocycles. The number of fused-ring (bicyclic) bond motifs is 2. The zero-order chi connectivity index (χ0) is 21.9. The molecule has 0 amide bonds. The van der Waals surface area contributed by atoms with Crippen LogP contribution in [0.1, 0.15) is 25.0 Å². The number of aryl methyl sites for hydroxylation is 1. The SMILES string of the molecule is COc1cc2c(Oc3ccc4[nH]c(C)cc4c3)ncnc2cc1OCCC1CCNCC1. The van der Waals surface area contributed by atoms with Crippen molar-refractivity contribution in [2.75, 3.05) is 26.8 Å². The molecule has 0 bridgehead atoms. The Balaban J connectivity index is 1.37. The van der Waals surface area contributed by atoms with E-state index in [9.17, 15) is 0 Å². The number of H-pyrrole nitrogens is 1. The first-order valence-corrected chi connectivity index (χ1v) is 11.1. The lowest BCUT2D eigenvalue weighted by molar-refractivity contribution is 0.243. The van der Waals surface area contributed by atoms with E-state index in [0.717, 1.165) is 52.8 Å². The number of hydrogen-bond donors (Lipinski definition) is 2.